The van der Waals surface area contributed by atoms with Crippen LogP contribution in [0.4, 0.5) is 5.69 Å². The largest absolute Gasteiger partial charge is 0.486 e. The predicted octanol–water partition coefficient (Wildman–Crippen LogP) is 2.80. The number of hydrogen-bond acceptors (Lipinski definition) is 4. The van der Waals surface area contributed by atoms with Gasteiger partial charge in [0.2, 0.25) is 0 Å². The van der Waals surface area contributed by atoms with Crippen LogP contribution in [0.5, 0.6) is 5.75 Å². The van der Waals surface area contributed by atoms with E-state index in [-0.39, 0.29) is 0 Å². The molecule has 0 saturated heterocycles. The Morgan fingerprint density at radius 3 is 2.94 bits per heavy atom. The summed E-state index contributed by atoms with van der Waals surface area (Å²) < 4.78 is 10.7. The van der Waals surface area contributed by atoms with E-state index in [4.69, 9.17) is 26.5 Å². The highest BCUT2D eigenvalue weighted by Gasteiger charge is 2.03. The summed E-state index contributed by atoms with van der Waals surface area (Å²) in [4.78, 5) is 3.97. The molecular weight excluding hydrogens is 228 g/mol. The number of hydrogen-bond donors (Lipinski definition) is 1. The fourth-order valence-electron chi connectivity index (χ4n) is 1.22. The predicted molar refractivity (Wildman–Crippen MR) is 61.4 cm³/mol. The van der Waals surface area contributed by atoms with Gasteiger partial charge in [-0.1, -0.05) is 11.6 Å². The lowest BCUT2D eigenvalue weighted by molar-refractivity contribution is 0.267. The minimum absolute atomic E-state index is 0.321. The molecule has 5 heteroatoms. The Bertz CT molecular complexity index is 496. The average Bonchev–Trinajstić information content (AvgIpc) is 2.66. The lowest BCUT2D eigenvalue weighted by atomic mass is 10.3. The summed E-state index contributed by atoms with van der Waals surface area (Å²) in [5.74, 6) is 1.94. The van der Waals surface area contributed by atoms with Gasteiger partial charge in [0.05, 0.1) is 16.9 Å². The van der Waals surface area contributed by atoms with Gasteiger partial charge in [-0.3, -0.25) is 0 Å². The minimum atomic E-state index is 0.321. The quantitative estimate of drug-likeness (QED) is 0.836. The van der Waals surface area contributed by atoms with Crippen LogP contribution in [0.2, 0.25) is 5.02 Å². The van der Waals surface area contributed by atoms with Crippen molar-refractivity contribution in [3.63, 3.8) is 0 Å². The van der Waals surface area contributed by atoms with Crippen molar-refractivity contribution >= 4 is 17.3 Å². The number of aryl methyl sites for hydroxylation is 1. The molecule has 1 aromatic carbocycles. The van der Waals surface area contributed by atoms with Crippen LogP contribution in [0.25, 0.3) is 0 Å². The molecule has 84 valence electrons. The molecule has 1 heterocycles. The van der Waals surface area contributed by atoms with Crippen LogP contribution in [-0.4, -0.2) is 4.98 Å². The molecule has 2 N–H and O–H groups in total. The van der Waals surface area contributed by atoms with Gasteiger partial charge in [0.25, 0.3) is 0 Å². The highest BCUT2D eigenvalue weighted by atomic mass is 35.5. The van der Waals surface area contributed by atoms with Crippen molar-refractivity contribution in [2.45, 2.75) is 13.5 Å². The fraction of sp³-hybridized carbons (Fsp3) is 0.182. The first-order valence-corrected chi connectivity index (χ1v) is 5.12. The van der Waals surface area contributed by atoms with Crippen LogP contribution in [-0.2, 0) is 6.61 Å². The Morgan fingerprint density at radius 1 is 1.50 bits per heavy atom. The van der Waals surface area contributed by atoms with Gasteiger partial charge in [0, 0.05) is 13.0 Å². The first-order valence-electron chi connectivity index (χ1n) is 4.74. The lowest BCUT2D eigenvalue weighted by Crippen LogP contribution is -1.94. The highest BCUT2D eigenvalue weighted by molar-refractivity contribution is 6.33. The van der Waals surface area contributed by atoms with Crippen LogP contribution in [0.3, 0.4) is 0 Å². The molecule has 0 saturated carbocycles. The summed E-state index contributed by atoms with van der Waals surface area (Å²) >= 11 is 5.86. The maximum atomic E-state index is 5.86. The van der Waals surface area contributed by atoms with Crippen molar-refractivity contribution in [2.24, 2.45) is 0 Å². The molecule has 0 bridgehead atoms. The maximum absolute atomic E-state index is 5.86. The van der Waals surface area contributed by atoms with Crippen LogP contribution < -0.4 is 10.5 Å². The molecule has 2 rings (SSSR count). The number of oxazole rings is 1. The fourth-order valence-corrected chi connectivity index (χ4v) is 1.39. The average molecular weight is 239 g/mol. The zero-order chi connectivity index (χ0) is 11.5. The zero-order valence-electron chi connectivity index (χ0n) is 8.74. The summed E-state index contributed by atoms with van der Waals surface area (Å²) in [6, 6.07) is 5.12. The molecule has 0 aliphatic heterocycles. The molecule has 0 aliphatic carbocycles. The van der Waals surface area contributed by atoms with Crippen LogP contribution in [0, 0.1) is 6.92 Å². The standard InChI is InChI=1S/C11H11ClN2O2/c1-7-14-5-9(16-7)6-15-8-2-3-11(13)10(12)4-8/h2-5H,6,13H2,1H3. The van der Waals surface area contributed by atoms with Crippen LogP contribution in [0.1, 0.15) is 11.7 Å². The van der Waals surface area contributed by atoms with E-state index in [9.17, 15) is 0 Å². The molecule has 0 aliphatic rings. The summed E-state index contributed by atoms with van der Waals surface area (Å²) in [5, 5.41) is 0.478. The number of anilines is 1. The van der Waals surface area contributed by atoms with Crippen molar-refractivity contribution < 1.29 is 9.15 Å². The smallest absolute Gasteiger partial charge is 0.191 e. The zero-order valence-corrected chi connectivity index (χ0v) is 9.49. The molecular formula is C11H11ClN2O2. The van der Waals surface area contributed by atoms with Gasteiger partial charge in [0.1, 0.15) is 12.4 Å². The second-order valence-corrected chi connectivity index (χ2v) is 3.72. The second kappa shape index (κ2) is 4.45. The lowest BCUT2D eigenvalue weighted by Gasteiger charge is -2.05. The number of nitrogens with zero attached hydrogens (tertiary/aromatic N) is 1. The second-order valence-electron chi connectivity index (χ2n) is 3.32. The van der Waals surface area contributed by atoms with Gasteiger partial charge in [-0.15, -0.1) is 0 Å². The van der Waals surface area contributed by atoms with Crippen molar-refractivity contribution in [2.75, 3.05) is 5.73 Å². The van der Waals surface area contributed by atoms with Gasteiger partial charge < -0.3 is 14.9 Å². The van der Waals surface area contributed by atoms with Crippen LogP contribution in [0.15, 0.2) is 28.8 Å². The van der Waals surface area contributed by atoms with Crippen molar-refractivity contribution in [3.05, 3.63) is 41.1 Å². The van der Waals surface area contributed by atoms with E-state index in [1.807, 2.05) is 0 Å². The molecule has 0 fully saturated rings. The first kappa shape index (κ1) is 10.8. The van der Waals surface area contributed by atoms with E-state index in [1.54, 1.807) is 31.3 Å². The third kappa shape index (κ3) is 2.46. The number of nitrogen functional groups attached to an aromatic ring is 1. The normalized spacial score (nSPS) is 10.4. The third-order valence-corrected chi connectivity index (χ3v) is 2.35. The van der Waals surface area contributed by atoms with Gasteiger partial charge in [-0.05, 0) is 12.1 Å². The first-order chi connectivity index (χ1) is 7.65. The number of benzene rings is 1. The number of halogens is 1. The van der Waals surface area contributed by atoms with Gasteiger partial charge >= 0.3 is 0 Å². The van der Waals surface area contributed by atoms with E-state index in [0.29, 0.717) is 34.7 Å². The Morgan fingerprint density at radius 2 is 2.31 bits per heavy atom. The van der Waals surface area contributed by atoms with E-state index in [1.165, 1.54) is 0 Å². The van der Waals surface area contributed by atoms with Gasteiger partial charge in [0.15, 0.2) is 11.7 Å². The Balaban J connectivity index is 2.02. The molecule has 0 amide bonds. The third-order valence-electron chi connectivity index (χ3n) is 2.02. The van der Waals surface area contributed by atoms with E-state index >= 15 is 0 Å². The number of rotatable bonds is 3. The Hall–Kier alpha value is -1.68. The Kier molecular flexibility index (Phi) is 3.01. The van der Waals surface area contributed by atoms with E-state index < -0.39 is 0 Å². The SMILES string of the molecule is Cc1ncc(COc2ccc(N)c(Cl)c2)o1. The topological polar surface area (TPSA) is 61.3 Å². The molecule has 2 aromatic rings. The molecule has 0 radical (unpaired) electrons. The van der Waals surface area contributed by atoms with Crippen molar-refractivity contribution in [3.8, 4) is 5.75 Å². The molecule has 0 unspecified atom stereocenters. The Labute approximate surface area is 98.0 Å². The van der Waals surface area contributed by atoms with Crippen molar-refractivity contribution in [1.82, 2.24) is 4.98 Å². The molecule has 4 nitrogen and oxygen atoms in total. The van der Waals surface area contributed by atoms with Crippen molar-refractivity contribution in [1.29, 1.82) is 0 Å². The molecule has 0 spiro atoms. The van der Waals surface area contributed by atoms with E-state index in [0.717, 1.165) is 0 Å². The number of nitrogens with two attached hydrogens (primary N) is 1. The highest BCUT2D eigenvalue weighted by Crippen LogP contribution is 2.24. The van der Waals surface area contributed by atoms with Gasteiger partial charge in [-0.2, -0.15) is 0 Å². The summed E-state index contributed by atoms with van der Waals surface area (Å²) in [6.45, 7) is 2.10. The number of aromatic nitrogens is 1. The summed E-state index contributed by atoms with van der Waals surface area (Å²) in [7, 11) is 0. The van der Waals surface area contributed by atoms with Crippen LogP contribution >= 0.6 is 11.6 Å². The summed E-state index contributed by atoms with van der Waals surface area (Å²) in [5.41, 5.74) is 6.12. The molecule has 0 atom stereocenters. The molecule has 16 heavy (non-hydrogen) atoms. The minimum Gasteiger partial charge on any atom is -0.486 e. The maximum Gasteiger partial charge on any atom is 0.191 e. The summed E-state index contributed by atoms with van der Waals surface area (Å²) in [6.07, 6.45) is 1.63. The van der Waals surface area contributed by atoms with Gasteiger partial charge in [-0.25, -0.2) is 4.98 Å². The monoisotopic (exact) mass is 238 g/mol. The van der Waals surface area contributed by atoms with E-state index in [2.05, 4.69) is 4.98 Å². The number of ether oxygens (including phenoxy) is 1. The molecule has 1 aromatic heterocycles.